The maximum atomic E-state index is 5.72. The van der Waals surface area contributed by atoms with Crippen LogP contribution in [0.5, 0.6) is 0 Å². The Morgan fingerprint density at radius 3 is 2.41 bits per heavy atom. The van der Waals surface area contributed by atoms with Gasteiger partial charge in [-0.15, -0.1) is 0 Å². The average Bonchev–Trinajstić information content (AvgIpc) is 2.29. The largest absolute Gasteiger partial charge is 0.384 e. The second kappa shape index (κ2) is 4.95. The SMILES string of the molecule is CCCc1ccc(-c2cc(N)nc(C)n2)cc1. The van der Waals surface area contributed by atoms with Crippen LogP contribution in [0.25, 0.3) is 11.3 Å². The Morgan fingerprint density at radius 1 is 1.12 bits per heavy atom. The van der Waals surface area contributed by atoms with Crippen LogP contribution in [0.4, 0.5) is 5.82 Å². The minimum Gasteiger partial charge on any atom is -0.384 e. The molecule has 3 nitrogen and oxygen atoms in total. The molecule has 1 heterocycles. The van der Waals surface area contributed by atoms with Crippen molar-refractivity contribution in [3.8, 4) is 11.3 Å². The number of hydrogen-bond acceptors (Lipinski definition) is 3. The molecule has 0 unspecified atom stereocenters. The first-order chi connectivity index (χ1) is 8.19. The summed E-state index contributed by atoms with van der Waals surface area (Å²) in [5.74, 6) is 1.22. The molecule has 1 aromatic carbocycles. The molecule has 0 aliphatic carbocycles. The van der Waals surface area contributed by atoms with Crippen molar-refractivity contribution in [1.82, 2.24) is 9.97 Å². The van der Waals surface area contributed by atoms with Gasteiger partial charge in [-0.25, -0.2) is 9.97 Å². The molecular weight excluding hydrogens is 210 g/mol. The maximum absolute atomic E-state index is 5.72. The Balaban J connectivity index is 2.32. The highest BCUT2D eigenvalue weighted by molar-refractivity contribution is 5.62. The van der Waals surface area contributed by atoms with Gasteiger partial charge in [-0.3, -0.25) is 0 Å². The molecule has 88 valence electrons. The average molecular weight is 227 g/mol. The summed E-state index contributed by atoms with van der Waals surface area (Å²) in [5, 5.41) is 0. The number of nitrogens with two attached hydrogens (primary N) is 1. The summed E-state index contributed by atoms with van der Waals surface area (Å²) >= 11 is 0. The highest BCUT2D eigenvalue weighted by Crippen LogP contribution is 2.19. The van der Waals surface area contributed by atoms with Gasteiger partial charge in [-0.2, -0.15) is 0 Å². The molecule has 0 bridgehead atoms. The molecular formula is C14H17N3. The van der Waals surface area contributed by atoms with Crippen molar-refractivity contribution in [3.63, 3.8) is 0 Å². The number of aromatic nitrogens is 2. The zero-order valence-electron chi connectivity index (χ0n) is 10.3. The van der Waals surface area contributed by atoms with E-state index in [0.717, 1.165) is 17.7 Å². The van der Waals surface area contributed by atoms with E-state index in [-0.39, 0.29) is 0 Å². The first-order valence-electron chi connectivity index (χ1n) is 5.89. The molecule has 2 aromatic rings. The molecule has 2 rings (SSSR count). The van der Waals surface area contributed by atoms with E-state index >= 15 is 0 Å². The van der Waals surface area contributed by atoms with Crippen LogP contribution >= 0.6 is 0 Å². The Kier molecular flexibility index (Phi) is 3.38. The molecule has 0 fully saturated rings. The molecule has 0 radical (unpaired) electrons. The summed E-state index contributed by atoms with van der Waals surface area (Å²) in [6, 6.07) is 10.3. The highest BCUT2D eigenvalue weighted by Gasteiger charge is 2.02. The fourth-order valence-corrected chi connectivity index (χ4v) is 1.87. The Labute approximate surface area is 102 Å². The fourth-order valence-electron chi connectivity index (χ4n) is 1.87. The standard InChI is InChI=1S/C14H17N3/c1-3-4-11-5-7-12(8-6-11)13-9-14(15)17-10(2)16-13/h5-9H,3-4H2,1-2H3,(H2,15,16,17). The van der Waals surface area contributed by atoms with Gasteiger partial charge < -0.3 is 5.73 Å². The van der Waals surface area contributed by atoms with Crippen molar-refractivity contribution >= 4 is 5.82 Å². The van der Waals surface area contributed by atoms with Crippen molar-refractivity contribution in [2.24, 2.45) is 0 Å². The minimum atomic E-state index is 0.519. The monoisotopic (exact) mass is 227 g/mol. The Morgan fingerprint density at radius 2 is 1.82 bits per heavy atom. The van der Waals surface area contributed by atoms with Crippen LogP contribution in [0, 0.1) is 6.92 Å². The predicted octanol–water partition coefficient (Wildman–Crippen LogP) is 2.99. The number of anilines is 1. The van der Waals surface area contributed by atoms with E-state index in [2.05, 4.69) is 41.2 Å². The second-order valence-corrected chi connectivity index (χ2v) is 4.17. The summed E-state index contributed by atoms with van der Waals surface area (Å²) in [5.41, 5.74) is 9.05. The lowest BCUT2D eigenvalue weighted by atomic mass is 10.1. The number of benzene rings is 1. The summed E-state index contributed by atoms with van der Waals surface area (Å²) in [4.78, 5) is 8.46. The van der Waals surface area contributed by atoms with Gasteiger partial charge in [-0.05, 0) is 18.9 Å². The summed E-state index contributed by atoms with van der Waals surface area (Å²) in [6.07, 6.45) is 2.28. The molecule has 0 spiro atoms. The smallest absolute Gasteiger partial charge is 0.128 e. The number of hydrogen-bond donors (Lipinski definition) is 1. The van der Waals surface area contributed by atoms with Crippen molar-refractivity contribution < 1.29 is 0 Å². The number of rotatable bonds is 3. The van der Waals surface area contributed by atoms with Crippen LogP contribution in [0.1, 0.15) is 24.7 Å². The Bertz CT molecular complexity index is 483. The van der Waals surface area contributed by atoms with E-state index in [1.165, 1.54) is 12.0 Å². The molecule has 0 saturated heterocycles. The molecule has 2 N–H and O–H groups in total. The summed E-state index contributed by atoms with van der Waals surface area (Å²) in [6.45, 7) is 4.04. The van der Waals surface area contributed by atoms with E-state index in [1.807, 2.05) is 13.0 Å². The number of nitrogens with zero attached hydrogens (tertiary/aromatic N) is 2. The van der Waals surface area contributed by atoms with Crippen molar-refractivity contribution in [2.75, 3.05) is 5.73 Å². The second-order valence-electron chi connectivity index (χ2n) is 4.17. The lowest BCUT2D eigenvalue weighted by Crippen LogP contribution is -1.97. The van der Waals surface area contributed by atoms with Crippen LogP contribution in [0.3, 0.4) is 0 Å². The Hall–Kier alpha value is -1.90. The number of nitrogen functional groups attached to an aromatic ring is 1. The third-order valence-corrected chi connectivity index (χ3v) is 2.65. The van der Waals surface area contributed by atoms with Gasteiger partial charge >= 0.3 is 0 Å². The van der Waals surface area contributed by atoms with E-state index in [4.69, 9.17) is 5.73 Å². The van der Waals surface area contributed by atoms with E-state index in [1.54, 1.807) is 0 Å². The number of aryl methyl sites for hydroxylation is 2. The molecule has 0 aliphatic rings. The molecule has 3 heteroatoms. The highest BCUT2D eigenvalue weighted by atomic mass is 14.9. The van der Waals surface area contributed by atoms with Crippen LogP contribution < -0.4 is 5.73 Å². The fraction of sp³-hybridized carbons (Fsp3) is 0.286. The van der Waals surface area contributed by atoms with Gasteiger partial charge in [0.1, 0.15) is 11.6 Å². The van der Waals surface area contributed by atoms with Crippen molar-refractivity contribution in [3.05, 3.63) is 41.7 Å². The van der Waals surface area contributed by atoms with Crippen LogP contribution in [0.2, 0.25) is 0 Å². The first-order valence-corrected chi connectivity index (χ1v) is 5.89. The quantitative estimate of drug-likeness (QED) is 0.877. The maximum Gasteiger partial charge on any atom is 0.128 e. The molecule has 0 aliphatic heterocycles. The van der Waals surface area contributed by atoms with Crippen LogP contribution in [-0.2, 0) is 6.42 Å². The van der Waals surface area contributed by atoms with E-state index < -0.39 is 0 Å². The molecule has 0 saturated carbocycles. The van der Waals surface area contributed by atoms with Gasteiger partial charge in [0.2, 0.25) is 0 Å². The lowest BCUT2D eigenvalue weighted by Gasteiger charge is -2.05. The van der Waals surface area contributed by atoms with Crippen LogP contribution in [-0.4, -0.2) is 9.97 Å². The molecule has 17 heavy (non-hydrogen) atoms. The normalized spacial score (nSPS) is 10.5. The summed E-state index contributed by atoms with van der Waals surface area (Å²) in [7, 11) is 0. The third kappa shape index (κ3) is 2.81. The topological polar surface area (TPSA) is 51.8 Å². The van der Waals surface area contributed by atoms with Crippen LogP contribution in [0.15, 0.2) is 30.3 Å². The van der Waals surface area contributed by atoms with Gasteiger partial charge in [-0.1, -0.05) is 37.6 Å². The van der Waals surface area contributed by atoms with E-state index in [9.17, 15) is 0 Å². The zero-order chi connectivity index (χ0) is 12.3. The third-order valence-electron chi connectivity index (χ3n) is 2.65. The zero-order valence-corrected chi connectivity index (χ0v) is 10.3. The van der Waals surface area contributed by atoms with Gasteiger partial charge in [0.15, 0.2) is 0 Å². The van der Waals surface area contributed by atoms with Gasteiger partial charge in [0.05, 0.1) is 5.69 Å². The minimum absolute atomic E-state index is 0.519. The first kappa shape index (κ1) is 11.6. The van der Waals surface area contributed by atoms with Gasteiger partial charge in [0.25, 0.3) is 0 Å². The van der Waals surface area contributed by atoms with Crippen molar-refractivity contribution in [1.29, 1.82) is 0 Å². The molecule has 1 aromatic heterocycles. The molecule has 0 amide bonds. The summed E-state index contributed by atoms with van der Waals surface area (Å²) < 4.78 is 0. The predicted molar refractivity (Wildman–Crippen MR) is 70.6 cm³/mol. The lowest BCUT2D eigenvalue weighted by molar-refractivity contribution is 0.922. The van der Waals surface area contributed by atoms with Gasteiger partial charge in [0, 0.05) is 11.6 Å². The van der Waals surface area contributed by atoms with E-state index in [0.29, 0.717) is 11.6 Å². The molecule has 0 atom stereocenters. The van der Waals surface area contributed by atoms with Crippen molar-refractivity contribution in [2.45, 2.75) is 26.7 Å².